The van der Waals surface area contributed by atoms with Crippen LogP contribution < -0.4 is 10.6 Å². The Bertz CT molecular complexity index is 962. The Labute approximate surface area is 172 Å². The molecule has 3 aromatic carbocycles. The van der Waals surface area contributed by atoms with E-state index >= 15 is 0 Å². The molecule has 0 aliphatic carbocycles. The smallest absolute Gasteiger partial charge is 0.279 e. The van der Waals surface area contributed by atoms with Crippen LogP contribution in [-0.2, 0) is 11.2 Å². The summed E-state index contributed by atoms with van der Waals surface area (Å²) in [5, 5.41) is 4.98. The van der Waals surface area contributed by atoms with E-state index in [9.17, 15) is 9.18 Å². The number of benzene rings is 3. The predicted octanol–water partition coefficient (Wildman–Crippen LogP) is 4.30. The van der Waals surface area contributed by atoms with Gasteiger partial charge < -0.3 is 10.6 Å². The van der Waals surface area contributed by atoms with Gasteiger partial charge in [-0.25, -0.2) is 4.39 Å². The molecule has 0 radical (unpaired) electrons. The van der Waals surface area contributed by atoms with Crippen molar-refractivity contribution in [2.45, 2.75) is 33.2 Å². The van der Waals surface area contributed by atoms with Gasteiger partial charge in [0.15, 0.2) is 6.54 Å². The zero-order valence-corrected chi connectivity index (χ0v) is 17.2. The first kappa shape index (κ1) is 20.7. The molecule has 1 amide bonds. The van der Waals surface area contributed by atoms with Crippen LogP contribution in [0.1, 0.15) is 40.8 Å². The van der Waals surface area contributed by atoms with E-state index in [0.717, 1.165) is 34.4 Å². The molecule has 0 heterocycles. The summed E-state index contributed by atoms with van der Waals surface area (Å²) in [4.78, 5) is 12.6. The normalized spacial score (nSPS) is 11.9. The molecule has 150 valence electrons. The van der Waals surface area contributed by atoms with E-state index in [0.29, 0.717) is 0 Å². The average Bonchev–Trinajstić information content (AvgIpc) is 2.71. The molecular weight excluding hydrogens is 363 g/mol. The van der Waals surface area contributed by atoms with Gasteiger partial charge in [-0.2, -0.15) is 0 Å². The average molecular weight is 392 g/mol. The summed E-state index contributed by atoms with van der Waals surface area (Å²) >= 11 is 0. The minimum absolute atomic E-state index is 0.0750. The summed E-state index contributed by atoms with van der Waals surface area (Å²) < 4.78 is 13.8. The molecule has 3 rings (SSSR count). The first-order valence-electron chi connectivity index (χ1n) is 10.0. The Kier molecular flexibility index (Phi) is 6.78. The number of halogens is 1. The standard InChI is InChI=1S/C25H27FN2O/c1-4-19-11-13-20(14-12-19)25(21-9-6-10-22(26)15-21)27-16-23(29)28-24-17(2)7-5-8-18(24)3/h5-15,25,27H,4,16H2,1-3H3,(H,28,29)/p+1/t25-/m0/s1. The van der Waals surface area contributed by atoms with E-state index in [-0.39, 0.29) is 24.3 Å². The predicted molar refractivity (Wildman–Crippen MR) is 115 cm³/mol. The van der Waals surface area contributed by atoms with Crippen LogP contribution in [0.4, 0.5) is 10.1 Å². The van der Waals surface area contributed by atoms with Crippen molar-refractivity contribution >= 4 is 11.6 Å². The lowest BCUT2D eigenvalue weighted by atomic mass is 9.97. The Morgan fingerprint density at radius 3 is 2.24 bits per heavy atom. The maximum absolute atomic E-state index is 13.8. The number of para-hydroxylation sites is 1. The lowest BCUT2D eigenvalue weighted by Gasteiger charge is -2.18. The fourth-order valence-electron chi connectivity index (χ4n) is 3.55. The zero-order valence-electron chi connectivity index (χ0n) is 17.2. The summed E-state index contributed by atoms with van der Waals surface area (Å²) in [6.45, 7) is 6.32. The van der Waals surface area contributed by atoms with Crippen LogP contribution in [-0.4, -0.2) is 12.5 Å². The topological polar surface area (TPSA) is 45.7 Å². The Hall–Kier alpha value is -2.98. The third-order valence-corrected chi connectivity index (χ3v) is 5.24. The molecule has 0 aliphatic heterocycles. The Balaban J connectivity index is 1.78. The Morgan fingerprint density at radius 1 is 0.966 bits per heavy atom. The van der Waals surface area contributed by atoms with Crippen LogP contribution in [0.2, 0.25) is 0 Å². The summed E-state index contributed by atoms with van der Waals surface area (Å²) in [5.41, 5.74) is 6.08. The minimum Gasteiger partial charge on any atom is -0.328 e. The monoisotopic (exact) mass is 391 g/mol. The van der Waals surface area contributed by atoms with Crippen molar-refractivity contribution in [2.75, 3.05) is 11.9 Å². The molecule has 0 bridgehead atoms. The molecule has 0 saturated heterocycles. The quantitative estimate of drug-likeness (QED) is 0.620. The molecule has 29 heavy (non-hydrogen) atoms. The van der Waals surface area contributed by atoms with Crippen LogP contribution in [0, 0.1) is 19.7 Å². The molecular formula is C25H28FN2O+. The van der Waals surface area contributed by atoms with Crippen molar-refractivity contribution < 1.29 is 14.5 Å². The summed E-state index contributed by atoms with van der Waals surface area (Å²) in [6, 6.07) is 20.7. The number of aryl methyl sites for hydroxylation is 3. The molecule has 1 atom stereocenters. The number of hydrogen-bond acceptors (Lipinski definition) is 1. The molecule has 0 saturated carbocycles. The lowest BCUT2D eigenvalue weighted by molar-refractivity contribution is -0.676. The Morgan fingerprint density at radius 2 is 1.62 bits per heavy atom. The van der Waals surface area contributed by atoms with Crippen molar-refractivity contribution in [2.24, 2.45) is 0 Å². The van der Waals surface area contributed by atoms with Gasteiger partial charge in [-0.3, -0.25) is 4.79 Å². The molecule has 4 heteroatoms. The summed E-state index contributed by atoms with van der Waals surface area (Å²) in [6.07, 6.45) is 0.965. The maximum atomic E-state index is 13.8. The number of hydrogen-bond donors (Lipinski definition) is 2. The number of carbonyl (C=O) groups is 1. The first-order chi connectivity index (χ1) is 14.0. The molecule has 3 aromatic rings. The highest BCUT2D eigenvalue weighted by Crippen LogP contribution is 2.21. The molecule has 3 N–H and O–H groups in total. The fourth-order valence-corrected chi connectivity index (χ4v) is 3.55. The number of nitrogens with two attached hydrogens (primary N) is 1. The lowest BCUT2D eigenvalue weighted by Crippen LogP contribution is -2.87. The van der Waals surface area contributed by atoms with Crippen LogP contribution in [0.5, 0.6) is 0 Å². The van der Waals surface area contributed by atoms with Gasteiger partial charge in [0.25, 0.3) is 5.91 Å². The molecule has 0 aromatic heterocycles. The van der Waals surface area contributed by atoms with E-state index in [1.807, 2.05) is 43.4 Å². The van der Waals surface area contributed by atoms with E-state index < -0.39 is 0 Å². The van der Waals surface area contributed by atoms with Gasteiger partial charge in [0.05, 0.1) is 0 Å². The highest BCUT2D eigenvalue weighted by molar-refractivity contribution is 5.92. The highest BCUT2D eigenvalue weighted by Gasteiger charge is 2.20. The van der Waals surface area contributed by atoms with Crippen molar-refractivity contribution in [3.8, 4) is 0 Å². The number of nitrogens with one attached hydrogen (secondary N) is 1. The number of amides is 1. The van der Waals surface area contributed by atoms with E-state index in [1.165, 1.54) is 17.7 Å². The third-order valence-electron chi connectivity index (χ3n) is 5.24. The maximum Gasteiger partial charge on any atom is 0.279 e. The summed E-state index contributed by atoms with van der Waals surface area (Å²) in [7, 11) is 0. The molecule has 3 nitrogen and oxygen atoms in total. The van der Waals surface area contributed by atoms with E-state index in [4.69, 9.17) is 0 Å². The van der Waals surface area contributed by atoms with Gasteiger partial charge >= 0.3 is 0 Å². The van der Waals surface area contributed by atoms with Crippen molar-refractivity contribution in [3.63, 3.8) is 0 Å². The van der Waals surface area contributed by atoms with Crippen LogP contribution in [0.15, 0.2) is 66.7 Å². The molecule has 0 spiro atoms. The minimum atomic E-state index is -0.272. The van der Waals surface area contributed by atoms with Crippen LogP contribution in [0.3, 0.4) is 0 Å². The fraction of sp³-hybridized carbons (Fsp3) is 0.240. The van der Waals surface area contributed by atoms with E-state index in [2.05, 4.69) is 36.5 Å². The van der Waals surface area contributed by atoms with Gasteiger partial charge in [-0.15, -0.1) is 0 Å². The van der Waals surface area contributed by atoms with Crippen molar-refractivity contribution in [1.29, 1.82) is 0 Å². The molecule has 0 unspecified atom stereocenters. The van der Waals surface area contributed by atoms with Crippen LogP contribution in [0.25, 0.3) is 0 Å². The number of rotatable bonds is 7. The number of anilines is 1. The molecule has 0 aliphatic rings. The largest absolute Gasteiger partial charge is 0.328 e. The van der Waals surface area contributed by atoms with E-state index in [1.54, 1.807) is 6.07 Å². The van der Waals surface area contributed by atoms with Crippen molar-refractivity contribution in [1.82, 2.24) is 0 Å². The SMILES string of the molecule is CCc1ccc([C@H]([NH2+]CC(=O)Nc2c(C)cccc2C)c2cccc(F)c2)cc1. The summed E-state index contributed by atoms with van der Waals surface area (Å²) in [5.74, 6) is -0.347. The van der Waals surface area contributed by atoms with Crippen LogP contribution >= 0.6 is 0 Å². The van der Waals surface area contributed by atoms with Gasteiger partial charge in [0.2, 0.25) is 0 Å². The third kappa shape index (κ3) is 5.30. The second-order valence-corrected chi connectivity index (χ2v) is 7.38. The molecule has 0 fully saturated rings. The van der Waals surface area contributed by atoms with Gasteiger partial charge in [0, 0.05) is 16.8 Å². The zero-order chi connectivity index (χ0) is 20.8. The highest BCUT2D eigenvalue weighted by atomic mass is 19.1. The second kappa shape index (κ2) is 9.48. The van der Waals surface area contributed by atoms with Crippen molar-refractivity contribution in [3.05, 3.63) is 100 Å². The first-order valence-corrected chi connectivity index (χ1v) is 10.0. The number of quaternary nitrogens is 1. The van der Waals surface area contributed by atoms with Gasteiger partial charge in [-0.05, 0) is 49.1 Å². The second-order valence-electron chi connectivity index (χ2n) is 7.38. The number of carbonyl (C=O) groups excluding carboxylic acids is 1. The van der Waals surface area contributed by atoms with Gasteiger partial charge in [0.1, 0.15) is 11.9 Å². The van der Waals surface area contributed by atoms with Gasteiger partial charge in [-0.1, -0.05) is 61.5 Å².